The molecule has 0 N–H and O–H groups in total. The lowest BCUT2D eigenvalue weighted by Gasteiger charge is -2.19. The van der Waals surface area contributed by atoms with E-state index in [9.17, 15) is 26.3 Å². The van der Waals surface area contributed by atoms with Gasteiger partial charge in [0.15, 0.2) is 11.7 Å². The van der Waals surface area contributed by atoms with Gasteiger partial charge < -0.3 is 4.74 Å². The molecule has 0 atom stereocenters. The molecule has 0 radical (unpaired) electrons. The largest absolute Gasteiger partial charge is 0.429 e. The molecule has 0 spiro atoms. The summed E-state index contributed by atoms with van der Waals surface area (Å²) in [5.41, 5.74) is -1.73. The molecule has 0 bridgehead atoms. The van der Waals surface area contributed by atoms with Gasteiger partial charge in [-0.05, 0) is 60.6 Å². The van der Waals surface area contributed by atoms with E-state index in [2.05, 4.69) is 71.2 Å². The third-order valence-electron chi connectivity index (χ3n) is 4.76. The third-order valence-corrected chi connectivity index (χ3v) is 4.76. The first-order valence-corrected chi connectivity index (χ1v) is 12.8. The number of alkyl halides is 2. The van der Waals surface area contributed by atoms with Crippen LogP contribution in [0.15, 0.2) is 146 Å². The summed E-state index contributed by atoms with van der Waals surface area (Å²) in [5.74, 6) is -4.61. The second-order valence-electron chi connectivity index (χ2n) is 8.59. The quantitative estimate of drug-likeness (QED) is 0.0578. The van der Waals surface area contributed by atoms with E-state index >= 15 is 0 Å². The van der Waals surface area contributed by atoms with Crippen LogP contribution in [-0.4, -0.2) is 6.11 Å². The highest BCUT2D eigenvalue weighted by molar-refractivity contribution is 5.52. The van der Waals surface area contributed by atoms with Crippen LogP contribution < -0.4 is 0 Å². The van der Waals surface area contributed by atoms with Gasteiger partial charge in [0.05, 0.1) is 5.57 Å². The van der Waals surface area contributed by atoms with Crippen LogP contribution in [-0.2, 0) is 4.74 Å². The van der Waals surface area contributed by atoms with Crippen molar-refractivity contribution in [3.63, 3.8) is 0 Å². The van der Waals surface area contributed by atoms with Gasteiger partial charge in [-0.15, -0.1) is 6.58 Å². The maximum Gasteiger partial charge on any atom is 0.428 e. The van der Waals surface area contributed by atoms with Crippen LogP contribution in [0.25, 0.3) is 0 Å². The fourth-order valence-corrected chi connectivity index (χ4v) is 2.35. The van der Waals surface area contributed by atoms with Crippen molar-refractivity contribution in [2.24, 2.45) is 5.92 Å². The van der Waals surface area contributed by atoms with E-state index in [0.717, 1.165) is 30.2 Å². The number of halogens is 6. The Morgan fingerprint density at radius 2 is 1.29 bits per heavy atom. The Morgan fingerprint density at radius 1 is 0.780 bits per heavy atom. The lowest BCUT2D eigenvalue weighted by atomic mass is 10.0. The van der Waals surface area contributed by atoms with E-state index < -0.39 is 40.7 Å². The summed E-state index contributed by atoms with van der Waals surface area (Å²) in [6, 6.07) is 0. The second-order valence-corrected chi connectivity index (χ2v) is 8.59. The molecule has 0 amide bonds. The molecule has 228 valence electrons. The Balaban J connectivity index is -0.00000123. The molecule has 0 fully saturated rings. The first-order chi connectivity index (χ1) is 18.9. The predicted octanol–water partition coefficient (Wildman–Crippen LogP) is 12.5. The molecule has 0 saturated carbocycles. The van der Waals surface area contributed by atoms with E-state index in [1.54, 1.807) is 0 Å². The number of rotatable bonds is 16. The lowest BCUT2D eigenvalue weighted by molar-refractivity contribution is -0.177. The highest BCUT2D eigenvalue weighted by Gasteiger charge is 2.38. The Morgan fingerprint density at radius 3 is 1.73 bits per heavy atom. The smallest absolute Gasteiger partial charge is 0.428 e. The zero-order valence-corrected chi connectivity index (χ0v) is 25.0. The van der Waals surface area contributed by atoms with Crippen molar-refractivity contribution in [2.45, 2.75) is 60.0 Å². The number of hydrogen-bond acceptors (Lipinski definition) is 1. The van der Waals surface area contributed by atoms with Gasteiger partial charge in [0.1, 0.15) is 17.4 Å². The molecular formula is C34H44F6O. The second kappa shape index (κ2) is 22.0. The van der Waals surface area contributed by atoms with Crippen molar-refractivity contribution >= 4 is 0 Å². The molecule has 0 aromatic heterocycles. The summed E-state index contributed by atoms with van der Waals surface area (Å²) in [7, 11) is 0. The van der Waals surface area contributed by atoms with Crippen LogP contribution in [0, 0.1) is 5.92 Å². The average Bonchev–Trinajstić information content (AvgIpc) is 2.91. The Bertz CT molecular complexity index is 1090. The van der Waals surface area contributed by atoms with E-state index in [-0.39, 0.29) is 22.3 Å². The number of ether oxygens (including phenoxy) is 1. The number of hydrogen-bond donors (Lipinski definition) is 0. The first kappa shape index (κ1) is 41.7. The minimum Gasteiger partial charge on any atom is -0.429 e. The van der Waals surface area contributed by atoms with Crippen LogP contribution >= 0.6 is 0 Å². The van der Waals surface area contributed by atoms with Crippen molar-refractivity contribution in [1.29, 1.82) is 0 Å². The Kier molecular flexibility index (Phi) is 22.4. The summed E-state index contributed by atoms with van der Waals surface area (Å²) in [6.07, 6.45) is 6.17. The first-order valence-electron chi connectivity index (χ1n) is 12.8. The minimum atomic E-state index is -4.05. The van der Waals surface area contributed by atoms with E-state index in [1.165, 1.54) is 26.2 Å². The summed E-state index contributed by atoms with van der Waals surface area (Å²) < 4.78 is 85.2. The third kappa shape index (κ3) is 19.1. The van der Waals surface area contributed by atoms with Crippen molar-refractivity contribution in [3.8, 4) is 0 Å². The Hall–Kier alpha value is -3.74. The normalized spacial score (nSPS) is 12.0. The van der Waals surface area contributed by atoms with Crippen LogP contribution in [0.2, 0.25) is 0 Å². The SMILES string of the molecule is C=C(/C=C\C(=C)C(=C)/C=C(/F)C(=C)C(=C)/C=C(/F)C(=C)F)OC(F)(F)C(=C)/C(F)=C\C.C=CCCCC(C)C.CC. The molecule has 0 aliphatic carbocycles. The van der Waals surface area contributed by atoms with Crippen molar-refractivity contribution in [3.05, 3.63) is 146 Å². The predicted molar refractivity (Wildman–Crippen MR) is 164 cm³/mol. The van der Waals surface area contributed by atoms with Gasteiger partial charge in [0.2, 0.25) is 0 Å². The van der Waals surface area contributed by atoms with Gasteiger partial charge in [-0.2, -0.15) is 8.78 Å². The maximum absolute atomic E-state index is 14.2. The molecule has 0 aromatic rings. The maximum atomic E-state index is 14.2. The molecular weight excluding hydrogens is 538 g/mol. The van der Waals surface area contributed by atoms with Crippen molar-refractivity contribution in [2.75, 3.05) is 0 Å². The van der Waals surface area contributed by atoms with E-state index in [4.69, 9.17) is 0 Å². The zero-order valence-electron chi connectivity index (χ0n) is 25.0. The molecule has 0 rings (SSSR count). The van der Waals surface area contributed by atoms with Gasteiger partial charge in [-0.1, -0.05) is 98.4 Å². The highest BCUT2D eigenvalue weighted by atomic mass is 19.3. The molecule has 0 heterocycles. The van der Waals surface area contributed by atoms with Crippen LogP contribution in [0.4, 0.5) is 26.3 Å². The summed E-state index contributed by atoms with van der Waals surface area (Å²) in [6.45, 7) is 36.2. The van der Waals surface area contributed by atoms with Crippen LogP contribution in [0.3, 0.4) is 0 Å². The molecule has 41 heavy (non-hydrogen) atoms. The molecule has 7 heteroatoms. The fraction of sp³-hybridized carbons (Fsp3) is 0.294. The van der Waals surface area contributed by atoms with Gasteiger partial charge in [0.25, 0.3) is 0 Å². The lowest BCUT2D eigenvalue weighted by Crippen LogP contribution is -2.22. The molecule has 1 nitrogen and oxygen atoms in total. The van der Waals surface area contributed by atoms with Gasteiger partial charge in [-0.25, -0.2) is 17.6 Å². The topological polar surface area (TPSA) is 9.23 Å². The van der Waals surface area contributed by atoms with Gasteiger partial charge in [0, 0.05) is 5.57 Å². The minimum absolute atomic E-state index is 0.00835. The van der Waals surface area contributed by atoms with Gasteiger partial charge >= 0.3 is 6.11 Å². The summed E-state index contributed by atoms with van der Waals surface area (Å²) >= 11 is 0. The van der Waals surface area contributed by atoms with Crippen molar-refractivity contribution in [1.82, 2.24) is 0 Å². The van der Waals surface area contributed by atoms with Crippen LogP contribution in [0.5, 0.6) is 0 Å². The molecule has 0 unspecified atom stereocenters. The summed E-state index contributed by atoms with van der Waals surface area (Å²) in [5, 5.41) is 0. The van der Waals surface area contributed by atoms with E-state index in [1.807, 2.05) is 19.9 Å². The fourth-order valence-electron chi connectivity index (χ4n) is 2.35. The van der Waals surface area contributed by atoms with Gasteiger partial charge in [-0.3, -0.25) is 0 Å². The molecule has 0 aliphatic rings. The van der Waals surface area contributed by atoms with E-state index in [0.29, 0.717) is 6.08 Å². The number of allylic oxidation sites excluding steroid dienone is 13. The monoisotopic (exact) mass is 582 g/mol. The average molecular weight is 583 g/mol. The Labute approximate surface area is 243 Å². The highest BCUT2D eigenvalue weighted by Crippen LogP contribution is 2.32. The van der Waals surface area contributed by atoms with Crippen LogP contribution in [0.1, 0.15) is 53.9 Å². The summed E-state index contributed by atoms with van der Waals surface area (Å²) in [4.78, 5) is 0. The molecule has 0 saturated heterocycles. The standard InChI is InChI=1S/C24H22F6O.C8H16.C2H6/c1-9-21(26)19(7)24(29,30)31-17(5)11-10-14(2)15(3)12-22(27)18(6)16(4)13-23(28)20(8)25;1-4-5-6-7-8(2)3;1-2/h9-13H,2-8H2,1H3;4,8H,1,5-7H2,2-3H3;1-2H3/b11-10-,21-9+,22-12+,23-13+;;. The van der Waals surface area contributed by atoms with Crippen molar-refractivity contribution < 1.29 is 31.1 Å². The molecule has 0 aliphatic heterocycles. The number of unbranched alkanes of at least 4 members (excludes halogenated alkanes) is 1. The molecule has 0 aromatic carbocycles. The zero-order chi connectivity index (χ0) is 32.9.